The normalized spacial score (nSPS) is 12.6. The lowest BCUT2D eigenvalue weighted by atomic mass is 10.1. The molecule has 0 saturated carbocycles. The van der Waals surface area contributed by atoms with Crippen LogP contribution in [0.25, 0.3) is 11.3 Å². The summed E-state index contributed by atoms with van der Waals surface area (Å²) < 4.78 is 1.83. The molecule has 1 aromatic heterocycles. The van der Waals surface area contributed by atoms with Crippen molar-refractivity contribution < 1.29 is 5.11 Å². The first-order chi connectivity index (χ1) is 6.90. The van der Waals surface area contributed by atoms with Crippen molar-refractivity contribution in [1.82, 2.24) is 15.0 Å². The molecule has 4 heteroatoms. The van der Waals surface area contributed by atoms with Gasteiger partial charge in [0.2, 0.25) is 0 Å². The van der Waals surface area contributed by atoms with Crippen LogP contribution in [0.1, 0.15) is 11.3 Å². The number of rotatable bonds is 1. The predicted molar refractivity (Wildman–Crippen MR) is 50.5 cm³/mol. The van der Waals surface area contributed by atoms with Crippen LogP contribution in [-0.4, -0.2) is 20.1 Å². The largest absolute Gasteiger partial charge is 0.390 e. The summed E-state index contributed by atoms with van der Waals surface area (Å²) in [4.78, 5) is 0. The SMILES string of the molecule is OCc1nnn2c1-c1ccccc1C2. The molecule has 1 aromatic carbocycles. The first-order valence-electron chi connectivity index (χ1n) is 4.51. The number of aromatic nitrogens is 3. The molecule has 0 aliphatic carbocycles. The monoisotopic (exact) mass is 187 g/mol. The summed E-state index contributed by atoms with van der Waals surface area (Å²) in [6, 6.07) is 8.11. The van der Waals surface area contributed by atoms with Crippen molar-refractivity contribution >= 4 is 0 Å². The van der Waals surface area contributed by atoms with Gasteiger partial charge in [0.15, 0.2) is 0 Å². The molecule has 0 fully saturated rings. The summed E-state index contributed by atoms with van der Waals surface area (Å²) in [5.74, 6) is 0. The van der Waals surface area contributed by atoms with Crippen LogP contribution in [-0.2, 0) is 13.2 Å². The zero-order valence-corrected chi connectivity index (χ0v) is 7.51. The van der Waals surface area contributed by atoms with Crippen molar-refractivity contribution in [2.24, 2.45) is 0 Å². The molecule has 1 N–H and O–H groups in total. The van der Waals surface area contributed by atoms with Gasteiger partial charge in [0.25, 0.3) is 0 Å². The predicted octanol–water partition coefficient (Wildman–Crippen LogP) is 0.799. The average molecular weight is 187 g/mol. The Bertz CT molecular complexity index is 490. The molecule has 2 aromatic rings. The average Bonchev–Trinajstić information content (AvgIpc) is 2.75. The summed E-state index contributed by atoms with van der Waals surface area (Å²) >= 11 is 0. The molecule has 0 atom stereocenters. The smallest absolute Gasteiger partial charge is 0.116 e. The van der Waals surface area contributed by atoms with Crippen LogP contribution in [0.4, 0.5) is 0 Å². The standard InChI is InChI=1S/C10H9N3O/c14-6-9-10-8-4-2-1-3-7(8)5-13(10)12-11-9/h1-4,14H,5-6H2. The maximum Gasteiger partial charge on any atom is 0.116 e. The van der Waals surface area contributed by atoms with Gasteiger partial charge in [0, 0.05) is 5.56 Å². The number of benzene rings is 1. The van der Waals surface area contributed by atoms with Gasteiger partial charge in [-0.2, -0.15) is 0 Å². The topological polar surface area (TPSA) is 50.9 Å². The van der Waals surface area contributed by atoms with Gasteiger partial charge in [0.1, 0.15) is 5.69 Å². The van der Waals surface area contributed by atoms with E-state index in [2.05, 4.69) is 16.4 Å². The summed E-state index contributed by atoms with van der Waals surface area (Å²) in [6.07, 6.45) is 0. The molecule has 0 saturated heterocycles. The number of aliphatic hydroxyl groups is 1. The lowest BCUT2D eigenvalue weighted by molar-refractivity contribution is 0.277. The third-order valence-corrected chi connectivity index (χ3v) is 2.55. The van der Waals surface area contributed by atoms with Gasteiger partial charge < -0.3 is 5.11 Å². The number of aliphatic hydroxyl groups excluding tert-OH is 1. The van der Waals surface area contributed by atoms with Crippen molar-refractivity contribution in [3.8, 4) is 11.3 Å². The van der Waals surface area contributed by atoms with Crippen LogP contribution in [0.5, 0.6) is 0 Å². The molecule has 0 unspecified atom stereocenters. The van der Waals surface area contributed by atoms with Gasteiger partial charge in [-0.25, -0.2) is 4.68 Å². The number of hydrogen-bond donors (Lipinski definition) is 1. The van der Waals surface area contributed by atoms with E-state index in [-0.39, 0.29) is 6.61 Å². The fraction of sp³-hybridized carbons (Fsp3) is 0.200. The van der Waals surface area contributed by atoms with Gasteiger partial charge in [-0.05, 0) is 5.56 Å². The molecule has 1 aliphatic rings. The van der Waals surface area contributed by atoms with Gasteiger partial charge in [-0.3, -0.25) is 0 Å². The lowest BCUT2D eigenvalue weighted by Gasteiger charge is -1.97. The molecule has 0 amide bonds. The Labute approximate surface area is 80.8 Å². The minimum atomic E-state index is -0.0519. The van der Waals surface area contributed by atoms with E-state index >= 15 is 0 Å². The van der Waals surface area contributed by atoms with Crippen LogP contribution in [0.2, 0.25) is 0 Å². The molecule has 2 heterocycles. The van der Waals surface area contributed by atoms with Crippen molar-refractivity contribution in [3.05, 3.63) is 35.5 Å². The zero-order valence-electron chi connectivity index (χ0n) is 7.51. The van der Waals surface area contributed by atoms with Gasteiger partial charge >= 0.3 is 0 Å². The Kier molecular flexibility index (Phi) is 1.46. The molecule has 14 heavy (non-hydrogen) atoms. The Hall–Kier alpha value is -1.68. The molecule has 0 bridgehead atoms. The van der Waals surface area contributed by atoms with Gasteiger partial charge in [0.05, 0.1) is 18.8 Å². The Morgan fingerprint density at radius 1 is 1.36 bits per heavy atom. The van der Waals surface area contributed by atoms with Crippen LogP contribution in [0.15, 0.2) is 24.3 Å². The first-order valence-corrected chi connectivity index (χ1v) is 4.51. The van der Waals surface area contributed by atoms with Gasteiger partial charge in [-0.15, -0.1) is 5.10 Å². The number of hydrogen-bond acceptors (Lipinski definition) is 3. The molecule has 1 aliphatic heterocycles. The third kappa shape index (κ3) is 0.858. The van der Waals surface area contributed by atoms with Crippen LogP contribution >= 0.6 is 0 Å². The van der Waals surface area contributed by atoms with Crippen LogP contribution < -0.4 is 0 Å². The van der Waals surface area contributed by atoms with Crippen LogP contribution in [0, 0.1) is 0 Å². The number of nitrogens with zero attached hydrogens (tertiary/aromatic N) is 3. The molecule has 0 radical (unpaired) electrons. The highest BCUT2D eigenvalue weighted by atomic mass is 16.3. The summed E-state index contributed by atoms with van der Waals surface area (Å²) in [5, 5.41) is 17.0. The third-order valence-electron chi connectivity index (χ3n) is 2.55. The van der Waals surface area contributed by atoms with Crippen molar-refractivity contribution in [3.63, 3.8) is 0 Å². The fourth-order valence-corrected chi connectivity index (χ4v) is 1.91. The van der Waals surface area contributed by atoms with Crippen LogP contribution in [0.3, 0.4) is 0 Å². The van der Waals surface area contributed by atoms with E-state index < -0.39 is 0 Å². The minimum Gasteiger partial charge on any atom is -0.390 e. The highest BCUT2D eigenvalue weighted by molar-refractivity contribution is 5.69. The molecule has 0 spiro atoms. The molecular weight excluding hydrogens is 178 g/mol. The summed E-state index contributed by atoms with van der Waals surface area (Å²) in [7, 11) is 0. The maximum absolute atomic E-state index is 9.10. The molecular formula is C10H9N3O. The summed E-state index contributed by atoms with van der Waals surface area (Å²) in [5.41, 5.74) is 4.01. The minimum absolute atomic E-state index is 0.0519. The highest BCUT2D eigenvalue weighted by Gasteiger charge is 2.22. The molecule has 4 nitrogen and oxygen atoms in total. The van der Waals surface area contributed by atoms with E-state index in [1.165, 1.54) is 5.56 Å². The van der Waals surface area contributed by atoms with E-state index in [9.17, 15) is 0 Å². The van der Waals surface area contributed by atoms with E-state index in [0.29, 0.717) is 5.69 Å². The Morgan fingerprint density at radius 2 is 2.21 bits per heavy atom. The number of fused-ring (bicyclic) bond motifs is 3. The van der Waals surface area contributed by atoms with E-state index in [1.807, 2.05) is 22.9 Å². The molecule has 70 valence electrons. The van der Waals surface area contributed by atoms with E-state index in [4.69, 9.17) is 5.11 Å². The second-order valence-corrected chi connectivity index (χ2v) is 3.36. The second-order valence-electron chi connectivity index (χ2n) is 3.36. The van der Waals surface area contributed by atoms with Crippen molar-refractivity contribution in [2.75, 3.05) is 0 Å². The Morgan fingerprint density at radius 3 is 3.07 bits per heavy atom. The fourth-order valence-electron chi connectivity index (χ4n) is 1.91. The van der Waals surface area contributed by atoms with Crippen molar-refractivity contribution in [1.29, 1.82) is 0 Å². The van der Waals surface area contributed by atoms with Crippen molar-refractivity contribution in [2.45, 2.75) is 13.2 Å². The quantitative estimate of drug-likeness (QED) is 0.613. The van der Waals surface area contributed by atoms with E-state index in [0.717, 1.165) is 17.8 Å². The zero-order chi connectivity index (χ0) is 9.54. The maximum atomic E-state index is 9.10. The Balaban J connectivity index is 2.28. The van der Waals surface area contributed by atoms with Gasteiger partial charge in [-0.1, -0.05) is 29.5 Å². The first kappa shape index (κ1) is 7.70. The summed E-state index contributed by atoms with van der Waals surface area (Å²) in [6.45, 7) is 0.710. The molecule has 3 rings (SSSR count). The van der Waals surface area contributed by atoms with E-state index in [1.54, 1.807) is 0 Å². The second kappa shape index (κ2) is 2.65. The lowest BCUT2D eigenvalue weighted by Crippen LogP contribution is -1.94. The highest BCUT2D eigenvalue weighted by Crippen LogP contribution is 2.32.